The van der Waals surface area contributed by atoms with Crippen molar-refractivity contribution in [3.8, 4) is 28.5 Å². The normalized spacial score (nSPS) is 27.1. The van der Waals surface area contributed by atoms with Crippen molar-refractivity contribution in [1.82, 2.24) is 40.0 Å². The smallest absolute Gasteiger partial charge is 0.303 e. The van der Waals surface area contributed by atoms with Gasteiger partial charge in [-0.1, -0.05) is 10.4 Å². The zero-order chi connectivity index (χ0) is 36.4. The number of methoxy groups -OCH3 is 2. The number of nitrogens with zero attached hydrogens (tertiary/aromatic N) is 8. The highest BCUT2D eigenvalue weighted by atomic mass is 32.2. The molecule has 3 aromatic heterocycles. The van der Waals surface area contributed by atoms with Crippen LogP contribution >= 0.6 is 10.9 Å². The van der Waals surface area contributed by atoms with E-state index in [4.69, 9.17) is 23.7 Å². The van der Waals surface area contributed by atoms with E-state index in [1.807, 2.05) is 0 Å². The number of halogens is 3. The maximum atomic E-state index is 14.1. The number of hydrogen-bond donors (Lipinski definition) is 2. The molecule has 20 heteroatoms. The second kappa shape index (κ2) is 15.3. The van der Waals surface area contributed by atoms with Crippen LogP contribution in [0.15, 0.2) is 36.9 Å². The highest BCUT2D eigenvalue weighted by Gasteiger charge is 2.52. The van der Waals surface area contributed by atoms with Gasteiger partial charge >= 0.3 is 11.9 Å². The third-order valence-corrected chi connectivity index (χ3v) is 12.2. The number of aliphatic hydroxyl groups is 1. The first-order valence-electron chi connectivity index (χ1n) is 15.7. The van der Waals surface area contributed by atoms with E-state index in [1.54, 1.807) is 6.20 Å². The average molecular weight is 737 g/mol. The highest BCUT2D eigenvalue weighted by molar-refractivity contribution is 8.18. The van der Waals surface area contributed by atoms with Gasteiger partial charge in [-0.05, 0) is 12.1 Å². The largest absolute Gasteiger partial charge is 0.494 e. The Kier molecular flexibility index (Phi) is 10.8. The molecule has 0 spiro atoms. The minimum atomic E-state index is -1.62. The molecule has 0 aliphatic carbocycles. The van der Waals surface area contributed by atoms with E-state index in [0.717, 1.165) is 12.1 Å². The van der Waals surface area contributed by atoms with Crippen molar-refractivity contribution in [2.45, 2.75) is 54.7 Å². The van der Waals surface area contributed by atoms with Crippen LogP contribution in [0.4, 0.5) is 13.2 Å². The van der Waals surface area contributed by atoms with E-state index >= 15 is 0 Å². The molecule has 4 aromatic rings. The molecule has 274 valence electrons. The van der Waals surface area contributed by atoms with Gasteiger partial charge < -0.3 is 28.8 Å². The summed E-state index contributed by atoms with van der Waals surface area (Å²) in [5.41, 5.74) is 0.298. The lowest BCUT2D eigenvalue weighted by Crippen LogP contribution is -2.57. The number of esters is 2. The molecular weight excluding hydrogens is 701 g/mol. The number of thiol groups is 1. The molecule has 2 saturated heterocycles. The predicted octanol–water partition coefficient (Wildman–Crippen LogP) is 1.85. The van der Waals surface area contributed by atoms with Gasteiger partial charge in [0.05, 0.1) is 62.6 Å². The molecule has 2 fully saturated rings. The summed E-state index contributed by atoms with van der Waals surface area (Å²) in [6.45, 7) is 2.52. The number of benzene rings is 1. The minimum absolute atomic E-state index is 0.0137. The number of aliphatic hydroxyl groups excluding tert-OH is 1. The first-order chi connectivity index (χ1) is 24.5. The molecule has 0 bridgehead atoms. The lowest BCUT2D eigenvalue weighted by atomic mass is 10.0. The Hall–Kier alpha value is -4.66. The standard InChI is InChI=1S/C31H35F3N8O8S/c1-15(43)49-13-26-30(50-16(2)44)28(42-9-21(37-40-42)17-5-19(32)27(34)20(33)6-17)24(47-4)14-51(26)25-12-48-11-23(29(25)45)41-10-22(38-39-41)31-35-7-18(46-3)8-36-31/h5-10,23-26,28-30,45,51H,11-14H2,1-4H3/t23-,24-,25+,26+,28-,29+,30-/m0/s1. The fourth-order valence-electron chi connectivity index (χ4n) is 6.37. The fourth-order valence-corrected chi connectivity index (χ4v) is 9.95. The topological polar surface area (TPSA) is 188 Å². The molecule has 5 heterocycles. The van der Waals surface area contributed by atoms with Gasteiger partial charge in [0.1, 0.15) is 36.2 Å². The van der Waals surface area contributed by atoms with E-state index in [2.05, 4.69) is 30.6 Å². The van der Waals surface area contributed by atoms with Gasteiger partial charge in [-0.2, -0.15) is 0 Å². The molecule has 0 radical (unpaired) electrons. The first kappa shape index (κ1) is 36.1. The van der Waals surface area contributed by atoms with Gasteiger partial charge in [0.25, 0.3) is 0 Å². The Morgan fingerprint density at radius 3 is 2.29 bits per heavy atom. The van der Waals surface area contributed by atoms with Crippen LogP contribution in [0.2, 0.25) is 0 Å². The lowest BCUT2D eigenvalue weighted by Gasteiger charge is -2.52. The second-order valence-corrected chi connectivity index (χ2v) is 14.7. The Morgan fingerprint density at radius 1 is 0.980 bits per heavy atom. The summed E-state index contributed by atoms with van der Waals surface area (Å²) in [6.07, 6.45) is 3.17. The van der Waals surface area contributed by atoms with Crippen LogP contribution < -0.4 is 4.74 Å². The summed E-state index contributed by atoms with van der Waals surface area (Å²) >= 11 is 0. The van der Waals surface area contributed by atoms with Gasteiger partial charge in [0, 0.05) is 37.5 Å². The maximum absolute atomic E-state index is 14.1. The van der Waals surface area contributed by atoms with E-state index in [-0.39, 0.29) is 31.1 Å². The molecule has 0 amide bonds. The van der Waals surface area contributed by atoms with Crippen LogP contribution in [0.1, 0.15) is 25.9 Å². The number of carbonyl (C=O) groups excluding carboxylic acids is 2. The van der Waals surface area contributed by atoms with Crippen molar-refractivity contribution in [2.24, 2.45) is 0 Å². The van der Waals surface area contributed by atoms with Crippen LogP contribution in [0.25, 0.3) is 22.8 Å². The van der Waals surface area contributed by atoms with Crippen LogP contribution in [-0.4, -0.2) is 126 Å². The lowest BCUT2D eigenvalue weighted by molar-refractivity contribution is -0.154. The molecule has 2 aliphatic heterocycles. The Morgan fingerprint density at radius 2 is 1.65 bits per heavy atom. The van der Waals surface area contributed by atoms with Gasteiger partial charge in [0.15, 0.2) is 29.0 Å². The number of ether oxygens (including phenoxy) is 5. The molecule has 6 rings (SSSR count). The molecule has 16 nitrogen and oxygen atoms in total. The average Bonchev–Trinajstić information content (AvgIpc) is 3.80. The predicted molar refractivity (Wildman–Crippen MR) is 172 cm³/mol. The van der Waals surface area contributed by atoms with Crippen molar-refractivity contribution in [1.29, 1.82) is 0 Å². The zero-order valence-electron chi connectivity index (χ0n) is 27.8. The molecule has 0 saturated carbocycles. The number of hydrogen-bond acceptors (Lipinski definition) is 14. The second-order valence-electron chi connectivity index (χ2n) is 11.9. The van der Waals surface area contributed by atoms with Crippen LogP contribution in [0.5, 0.6) is 5.75 Å². The summed E-state index contributed by atoms with van der Waals surface area (Å²) < 4.78 is 73.1. The molecule has 1 aromatic carbocycles. The fraction of sp³-hybridized carbons (Fsp3) is 0.484. The van der Waals surface area contributed by atoms with Gasteiger partial charge in [-0.25, -0.2) is 43.4 Å². The monoisotopic (exact) mass is 736 g/mol. The summed E-state index contributed by atoms with van der Waals surface area (Å²) in [5, 5.41) is 27.3. The van der Waals surface area contributed by atoms with Gasteiger partial charge in [-0.3, -0.25) is 9.59 Å². The third kappa shape index (κ3) is 7.53. The van der Waals surface area contributed by atoms with Crippen molar-refractivity contribution in [2.75, 3.05) is 39.8 Å². The van der Waals surface area contributed by atoms with E-state index < -0.39 is 81.2 Å². The minimum Gasteiger partial charge on any atom is -0.494 e. The Bertz CT molecular complexity index is 1840. The summed E-state index contributed by atoms with van der Waals surface area (Å²) in [7, 11) is 1.53. The summed E-state index contributed by atoms with van der Waals surface area (Å²) in [4.78, 5) is 33.2. The number of carbonyl (C=O) groups is 2. The highest BCUT2D eigenvalue weighted by Crippen LogP contribution is 2.52. The van der Waals surface area contributed by atoms with Crippen LogP contribution in [0.3, 0.4) is 0 Å². The van der Waals surface area contributed by atoms with E-state index in [1.165, 1.54) is 56.0 Å². The Labute approximate surface area is 291 Å². The quantitative estimate of drug-likeness (QED) is 0.136. The molecular formula is C31H35F3N8O8S. The van der Waals surface area contributed by atoms with Gasteiger partial charge in [0.2, 0.25) is 0 Å². The van der Waals surface area contributed by atoms with E-state index in [9.17, 15) is 27.9 Å². The SMILES string of the molecule is COc1cnc(-c2cn([C@H]3COC[C@@H]([SH]4C[C@H](OC)[C@H](n5cc(-c6cc(F)c(F)c(F)c6)nn5)[C@@H](OC(C)=O)[C@H]4COC(C)=O)[C@@H]3O)nn2)nc1. The summed E-state index contributed by atoms with van der Waals surface area (Å²) in [6, 6.07) is 0.0304. The molecule has 8 atom stereocenters. The number of rotatable bonds is 10. The Balaban J connectivity index is 1.32. The van der Waals surface area contributed by atoms with Gasteiger partial charge in [-0.15, -0.1) is 10.2 Å². The third-order valence-electron chi connectivity index (χ3n) is 8.81. The first-order valence-corrected chi connectivity index (χ1v) is 17.4. The van der Waals surface area contributed by atoms with Crippen LogP contribution in [-0.2, 0) is 28.5 Å². The molecule has 2 aliphatic rings. The summed E-state index contributed by atoms with van der Waals surface area (Å²) in [5.74, 6) is -4.59. The van der Waals surface area contributed by atoms with Crippen molar-refractivity contribution in [3.05, 3.63) is 54.4 Å². The van der Waals surface area contributed by atoms with Crippen molar-refractivity contribution in [3.63, 3.8) is 0 Å². The maximum Gasteiger partial charge on any atom is 0.303 e. The zero-order valence-corrected chi connectivity index (χ0v) is 28.7. The molecule has 1 N–H and O–H groups in total. The van der Waals surface area contributed by atoms with Crippen molar-refractivity contribution < 1.29 is 51.6 Å². The van der Waals surface area contributed by atoms with E-state index in [0.29, 0.717) is 23.0 Å². The van der Waals surface area contributed by atoms with Crippen molar-refractivity contribution >= 4 is 22.8 Å². The molecule has 1 unspecified atom stereocenters. The molecule has 51 heavy (non-hydrogen) atoms. The van der Waals surface area contributed by atoms with Crippen LogP contribution in [0, 0.1) is 17.5 Å². The number of aromatic nitrogens is 8.